The molecule has 28 heavy (non-hydrogen) atoms. The molecule has 0 spiro atoms. The average Bonchev–Trinajstić information content (AvgIpc) is 3.41. The Morgan fingerprint density at radius 2 is 2.07 bits per heavy atom. The zero-order valence-electron chi connectivity index (χ0n) is 15.5. The van der Waals surface area contributed by atoms with Crippen molar-refractivity contribution in [1.29, 1.82) is 0 Å². The maximum atomic E-state index is 12.5. The van der Waals surface area contributed by atoms with E-state index in [1.807, 2.05) is 13.8 Å². The third kappa shape index (κ3) is 3.56. The van der Waals surface area contributed by atoms with Crippen LogP contribution >= 0.6 is 0 Å². The Morgan fingerprint density at radius 3 is 2.75 bits per heavy atom. The Hall–Kier alpha value is -3.33. The molecule has 0 aliphatic carbocycles. The summed E-state index contributed by atoms with van der Waals surface area (Å²) < 4.78 is 12.1. The van der Waals surface area contributed by atoms with E-state index in [4.69, 9.17) is 8.83 Å². The molecule has 3 N–H and O–H groups in total. The maximum Gasteiger partial charge on any atom is 0.292 e. The molecule has 1 aliphatic heterocycles. The fourth-order valence-corrected chi connectivity index (χ4v) is 3.09. The molecule has 2 atom stereocenters. The predicted octanol–water partition coefficient (Wildman–Crippen LogP) is 2.58. The first-order valence-electron chi connectivity index (χ1n) is 9.05. The summed E-state index contributed by atoms with van der Waals surface area (Å²) in [5.74, 6) is 0.883. The number of carbonyl (C=O) groups is 2. The van der Waals surface area contributed by atoms with Crippen LogP contribution in [-0.4, -0.2) is 27.6 Å². The molecule has 4 heterocycles. The summed E-state index contributed by atoms with van der Waals surface area (Å²) in [6, 6.07) is 8.41. The van der Waals surface area contributed by atoms with Gasteiger partial charge in [0, 0.05) is 18.5 Å². The lowest BCUT2D eigenvalue weighted by Crippen LogP contribution is -2.55. The van der Waals surface area contributed by atoms with Crippen molar-refractivity contribution in [2.75, 3.05) is 5.32 Å². The molecular weight excluding hydrogens is 362 g/mol. The normalized spacial score (nSPS) is 19.6. The molecule has 3 aromatic heterocycles. The minimum atomic E-state index is -0.607. The highest BCUT2D eigenvalue weighted by Gasteiger charge is 2.31. The fourth-order valence-electron chi connectivity index (χ4n) is 3.09. The van der Waals surface area contributed by atoms with E-state index >= 15 is 0 Å². The van der Waals surface area contributed by atoms with Crippen LogP contribution in [0.4, 0.5) is 5.82 Å². The van der Waals surface area contributed by atoms with E-state index in [0.717, 1.165) is 0 Å². The van der Waals surface area contributed by atoms with Crippen LogP contribution in [0.1, 0.15) is 37.1 Å². The van der Waals surface area contributed by atoms with E-state index in [0.29, 0.717) is 23.7 Å². The highest BCUT2D eigenvalue weighted by molar-refractivity contribution is 6.02. The Bertz CT molecular complexity index is 959. The summed E-state index contributed by atoms with van der Waals surface area (Å²) in [5.41, 5.74) is 0.530. The van der Waals surface area contributed by atoms with Crippen molar-refractivity contribution < 1.29 is 18.4 Å². The summed E-state index contributed by atoms with van der Waals surface area (Å²) in [7, 11) is 0. The van der Waals surface area contributed by atoms with Gasteiger partial charge in [-0.05, 0) is 30.2 Å². The van der Waals surface area contributed by atoms with Crippen molar-refractivity contribution in [3.63, 3.8) is 0 Å². The smallest absolute Gasteiger partial charge is 0.292 e. The van der Waals surface area contributed by atoms with E-state index in [2.05, 4.69) is 21.0 Å². The molecule has 3 aromatic rings. The number of aromatic nitrogens is 2. The molecule has 4 rings (SSSR count). The Morgan fingerprint density at radius 1 is 1.29 bits per heavy atom. The molecule has 1 fully saturated rings. The summed E-state index contributed by atoms with van der Waals surface area (Å²) in [6.07, 6.45) is 2.75. The summed E-state index contributed by atoms with van der Waals surface area (Å²) >= 11 is 0. The molecule has 1 saturated heterocycles. The topological polar surface area (TPSA) is 114 Å². The lowest BCUT2D eigenvalue weighted by atomic mass is 9.99. The number of rotatable bonds is 5. The molecule has 0 aromatic carbocycles. The first-order valence-corrected chi connectivity index (χ1v) is 9.05. The Labute approximate surface area is 161 Å². The molecule has 2 unspecified atom stereocenters. The van der Waals surface area contributed by atoms with E-state index < -0.39 is 12.2 Å². The van der Waals surface area contributed by atoms with Gasteiger partial charge in [0.05, 0.1) is 12.5 Å². The van der Waals surface area contributed by atoms with Crippen molar-refractivity contribution in [1.82, 2.24) is 20.4 Å². The van der Waals surface area contributed by atoms with Crippen LogP contribution in [0.5, 0.6) is 0 Å². The van der Waals surface area contributed by atoms with Crippen LogP contribution in [-0.2, 0) is 4.79 Å². The molecule has 9 nitrogen and oxygen atoms in total. The largest absolute Gasteiger partial charge is 0.463 e. The average molecular weight is 383 g/mol. The van der Waals surface area contributed by atoms with Crippen LogP contribution in [0.25, 0.3) is 11.5 Å². The van der Waals surface area contributed by atoms with E-state index in [9.17, 15) is 9.59 Å². The molecule has 0 radical (unpaired) electrons. The third-order valence-corrected chi connectivity index (χ3v) is 4.62. The number of furan rings is 2. The zero-order chi connectivity index (χ0) is 19.7. The van der Waals surface area contributed by atoms with Crippen molar-refractivity contribution in [3.8, 4) is 11.5 Å². The van der Waals surface area contributed by atoms with Gasteiger partial charge in [-0.2, -0.15) is 5.10 Å². The van der Waals surface area contributed by atoms with Crippen molar-refractivity contribution in [2.45, 2.75) is 32.6 Å². The third-order valence-electron chi connectivity index (χ3n) is 4.62. The van der Waals surface area contributed by atoms with Gasteiger partial charge in [-0.1, -0.05) is 13.8 Å². The van der Waals surface area contributed by atoms with Crippen LogP contribution in [0.15, 0.2) is 51.7 Å². The van der Waals surface area contributed by atoms with Gasteiger partial charge < -0.3 is 19.5 Å². The number of hydrogen-bond acceptors (Lipinski definition) is 6. The highest BCUT2D eigenvalue weighted by Crippen LogP contribution is 2.26. The number of hydrogen-bond donors (Lipinski definition) is 3. The van der Waals surface area contributed by atoms with Crippen LogP contribution in [0.2, 0.25) is 0 Å². The van der Waals surface area contributed by atoms with E-state index in [-0.39, 0.29) is 23.6 Å². The number of amides is 2. The van der Waals surface area contributed by atoms with Gasteiger partial charge in [0.1, 0.15) is 11.5 Å². The quantitative estimate of drug-likeness (QED) is 0.624. The lowest BCUT2D eigenvalue weighted by molar-refractivity contribution is -0.126. The molecule has 146 valence electrons. The summed E-state index contributed by atoms with van der Waals surface area (Å²) in [5, 5.41) is 13.6. The Kier molecular flexibility index (Phi) is 4.74. The SMILES string of the molecule is CC(C)C1CC(=O)NC(n2nc(-c3ccco3)cc2NC(=O)c2ccco2)N1. The Balaban J connectivity index is 1.68. The summed E-state index contributed by atoms with van der Waals surface area (Å²) in [4.78, 5) is 24.7. The van der Waals surface area contributed by atoms with Crippen LogP contribution < -0.4 is 16.0 Å². The first kappa shape index (κ1) is 18.1. The summed E-state index contributed by atoms with van der Waals surface area (Å²) in [6.45, 7) is 4.09. The number of anilines is 1. The minimum Gasteiger partial charge on any atom is -0.463 e. The second-order valence-electron chi connectivity index (χ2n) is 6.96. The van der Waals surface area contributed by atoms with Crippen molar-refractivity contribution in [2.24, 2.45) is 5.92 Å². The van der Waals surface area contributed by atoms with Gasteiger partial charge in [-0.3, -0.25) is 14.9 Å². The van der Waals surface area contributed by atoms with E-state index in [1.165, 1.54) is 10.9 Å². The van der Waals surface area contributed by atoms with E-state index in [1.54, 1.807) is 36.6 Å². The minimum absolute atomic E-state index is 0.0105. The monoisotopic (exact) mass is 383 g/mol. The van der Waals surface area contributed by atoms with Gasteiger partial charge in [0.25, 0.3) is 5.91 Å². The zero-order valence-corrected chi connectivity index (χ0v) is 15.5. The number of carbonyl (C=O) groups excluding carboxylic acids is 2. The standard InChI is InChI=1S/C19H21N5O4/c1-11(2)12-10-17(25)22-19(20-12)24-16(21-18(26)15-6-4-8-28-15)9-13(23-24)14-5-3-7-27-14/h3-9,11-12,19-20H,10H2,1-2H3,(H,21,26)(H,22,25). The fraction of sp³-hybridized carbons (Fsp3) is 0.316. The first-order chi connectivity index (χ1) is 13.5. The molecule has 0 saturated carbocycles. The van der Waals surface area contributed by atoms with Crippen molar-refractivity contribution in [3.05, 3.63) is 48.6 Å². The second-order valence-corrected chi connectivity index (χ2v) is 6.96. The molecule has 0 bridgehead atoms. The van der Waals surface area contributed by atoms with Gasteiger partial charge in [0.15, 0.2) is 17.8 Å². The number of nitrogens with zero attached hydrogens (tertiary/aromatic N) is 2. The second kappa shape index (κ2) is 7.35. The molecular formula is C19H21N5O4. The molecule has 1 aliphatic rings. The van der Waals surface area contributed by atoms with Crippen molar-refractivity contribution >= 4 is 17.6 Å². The predicted molar refractivity (Wildman–Crippen MR) is 100 cm³/mol. The van der Waals surface area contributed by atoms with Gasteiger partial charge in [-0.25, -0.2) is 4.68 Å². The molecule has 2 amide bonds. The lowest BCUT2D eigenvalue weighted by Gasteiger charge is -2.34. The van der Waals surface area contributed by atoms with Gasteiger partial charge in [-0.15, -0.1) is 0 Å². The van der Waals surface area contributed by atoms with Crippen LogP contribution in [0.3, 0.4) is 0 Å². The van der Waals surface area contributed by atoms with Crippen LogP contribution in [0, 0.1) is 5.92 Å². The molecule has 9 heteroatoms. The van der Waals surface area contributed by atoms with Gasteiger partial charge >= 0.3 is 0 Å². The van der Waals surface area contributed by atoms with Gasteiger partial charge in [0.2, 0.25) is 5.91 Å². The highest BCUT2D eigenvalue weighted by atomic mass is 16.3. The number of nitrogens with one attached hydrogen (secondary N) is 3. The maximum absolute atomic E-state index is 12.5.